The topological polar surface area (TPSA) is 70.2 Å². The number of rotatable bonds is 3. The maximum Gasteiger partial charge on any atom is 0.433 e. The van der Waals surface area contributed by atoms with Crippen molar-refractivity contribution in [3.05, 3.63) is 45.1 Å². The summed E-state index contributed by atoms with van der Waals surface area (Å²) in [7, 11) is 1.11. The van der Waals surface area contributed by atoms with Crippen molar-refractivity contribution in [2.24, 2.45) is 7.05 Å². The van der Waals surface area contributed by atoms with Crippen LogP contribution in [0.15, 0.2) is 18.2 Å². The van der Waals surface area contributed by atoms with Crippen molar-refractivity contribution in [1.29, 1.82) is 0 Å². The molecule has 1 aromatic heterocycles. The Hall–Kier alpha value is -2.29. The standard InChI is InChI=1S/C11H6ClF3N3O3/c1-17-9(11(13,14)15)5-10(16-17)21-8-3-2-6(18(19)20)4-7(8)12/h3-5H,1H3. The Morgan fingerprint density at radius 2 is 2.14 bits per heavy atom. The van der Waals surface area contributed by atoms with Gasteiger partial charge in [0, 0.05) is 19.2 Å². The molecule has 6 nitrogen and oxygen atoms in total. The van der Waals surface area contributed by atoms with Gasteiger partial charge in [0.1, 0.15) is 11.4 Å². The molecule has 111 valence electrons. The second-order valence-corrected chi connectivity index (χ2v) is 4.29. The molecule has 0 N–H and O–H groups in total. The molecule has 1 heterocycles. The Balaban J connectivity index is 2.29. The number of halogens is 4. The lowest BCUT2D eigenvalue weighted by Crippen LogP contribution is -2.11. The van der Waals surface area contributed by atoms with E-state index >= 15 is 0 Å². The fourth-order valence-corrected chi connectivity index (χ4v) is 1.69. The number of hydrogen-bond acceptors (Lipinski definition) is 4. The average Bonchev–Trinajstić information content (AvgIpc) is 2.72. The lowest BCUT2D eigenvalue weighted by atomic mass is 10.3. The molecule has 0 atom stereocenters. The summed E-state index contributed by atoms with van der Waals surface area (Å²) >= 11 is 5.75. The van der Waals surface area contributed by atoms with E-state index in [0.29, 0.717) is 10.7 Å². The number of nitro groups is 1. The summed E-state index contributed by atoms with van der Waals surface area (Å²) in [5.41, 5.74) is -1.39. The molecular weight excluding hydrogens is 315 g/mol. The third-order valence-electron chi connectivity index (χ3n) is 2.41. The first kappa shape index (κ1) is 15.1. The van der Waals surface area contributed by atoms with Crippen molar-refractivity contribution in [2.75, 3.05) is 0 Å². The molecular formula is C11H6ClF3N3O3. The number of aromatic nitrogens is 2. The number of alkyl halides is 3. The third-order valence-corrected chi connectivity index (χ3v) is 2.70. The predicted octanol–water partition coefficient (Wildman–Crippen LogP) is 3.59. The molecule has 0 amide bonds. The lowest BCUT2D eigenvalue weighted by molar-refractivity contribution is -0.385. The number of non-ortho nitro benzene ring substituents is 1. The summed E-state index contributed by atoms with van der Waals surface area (Å²) in [5.74, 6) is -0.428. The number of nitrogens with zero attached hydrogens (tertiary/aromatic N) is 3. The molecule has 0 aliphatic carbocycles. The van der Waals surface area contributed by atoms with Crippen molar-refractivity contribution in [3.63, 3.8) is 0 Å². The molecule has 0 fully saturated rings. The molecule has 2 aromatic rings. The van der Waals surface area contributed by atoms with E-state index in [4.69, 9.17) is 16.3 Å². The van der Waals surface area contributed by atoms with Gasteiger partial charge in [0.15, 0.2) is 0 Å². The highest BCUT2D eigenvalue weighted by Gasteiger charge is 2.35. The lowest BCUT2D eigenvalue weighted by Gasteiger charge is -2.04. The van der Waals surface area contributed by atoms with E-state index in [9.17, 15) is 23.3 Å². The molecule has 0 saturated heterocycles. The van der Waals surface area contributed by atoms with Gasteiger partial charge in [-0.3, -0.25) is 14.8 Å². The van der Waals surface area contributed by atoms with Crippen LogP contribution in [0, 0.1) is 16.2 Å². The van der Waals surface area contributed by atoms with Gasteiger partial charge < -0.3 is 4.74 Å². The molecule has 1 radical (unpaired) electrons. The Bertz CT molecular complexity index is 700. The van der Waals surface area contributed by atoms with Crippen LogP contribution in [0.4, 0.5) is 18.9 Å². The van der Waals surface area contributed by atoms with Gasteiger partial charge in [-0.25, -0.2) is 0 Å². The van der Waals surface area contributed by atoms with Crippen LogP contribution in [-0.2, 0) is 13.2 Å². The molecule has 0 aliphatic heterocycles. The summed E-state index contributed by atoms with van der Waals surface area (Å²) in [6.07, 6.45) is -4.57. The van der Waals surface area contributed by atoms with Gasteiger partial charge in [-0.15, -0.1) is 5.10 Å². The number of aryl methyl sites for hydroxylation is 1. The van der Waals surface area contributed by atoms with Crippen molar-refractivity contribution in [1.82, 2.24) is 9.78 Å². The van der Waals surface area contributed by atoms with Crippen LogP contribution in [-0.4, -0.2) is 14.7 Å². The monoisotopic (exact) mass is 320 g/mol. The van der Waals surface area contributed by atoms with E-state index in [0.717, 1.165) is 19.2 Å². The van der Waals surface area contributed by atoms with Crippen LogP contribution in [0.5, 0.6) is 11.6 Å². The maximum atomic E-state index is 12.6. The van der Waals surface area contributed by atoms with Crippen molar-refractivity contribution >= 4 is 17.3 Å². The Morgan fingerprint density at radius 1 is 1.48 bits per heavy atom. The summed E-state index contributed by atoms with van der Waals surface area (Å²) < 4.78 is 43.5. The summed E-state index contributed by atoms with van der Waals surface area (Å²) in [6, 6.07) is 5.01. The van der Waals surface area contributed by atoms with Crippen molar-refractivity contribution < 1.29 is 22.8 Å². The van der Waals surface area contributed by atoms with Crippen LogP contribution in [0.2, 0.25) is 5.02 Å². The van der Waals surface area contributed by atoms with Crippen molar-refractivity contribution in [3.8, 4) is 11.6 Å². The molecule has 0 aliphatic rings. The normalized spacial score (nSPS) is 11.5. The molecule has 0 spiro atoms. The van der Waals surface area contributed by atoms with Crippen LogP contribution in [0.25, 0.3) is 0 Å². The summed E-state index contributed by atoms with van der Waals surface area (Å²) in [4.78, 5) is 9.81. The Kier molecular flexibility index (Phi) is 3.77. The first-order valence-corrected chi connectivity index (χ1v) is 5.71. The van der Waals surface area contributed by atoms with E-state index in [-0.39, 0.29) is 22.3 Å². The highest BCUT2D eigenvalue weighted by molar-refractivity contribution is 6.32. The fraction of sp³-hybridized carbons (Fsp3) is 0.182. The number of ether oxygens (including phenoxy) is 1. The van der Waals surface area contributed by atoms with E-state index in [1.54, 1.807) is 0 Å². The van der Waals surface area contributed by atoms with E-state index in [1.807, 2.05) is 0 Å². The highest BCUT2D eigenvalue weighted by atomic mass is 35.5. The van der Waals surface area contributed by atoms with Crippen LogP contribution in [0.3, 0.4) is 0 Å². The number of nitro benzene ring substituents is 1. The van der Waals surface area contributed by atoms with Gasteiger partial charge in [-0.1, -0.05) is 11.6 Å². The van der Waals surface area contributed by atoms with Gasteiger partial charge in [0.05, 0.1) is 16.0 Å². The predicted molar refractivity (Wildman–Crippen MR) is 65.2 cm³/mol. The smallest absolute Gasteiger partial charge is 0.433 e. The maximum absolute atomic E-state index is 12.6. The van der Waals surface area contributed by atoms with Crippen LogP contribution < -0.4 is 4.74 Å². The molecule has 2 rings (SSSR count). The van der Waals surface area contributed by atoms with Gasteiger partial charge in [-0.05, 0) is 6.07 Å². The molecule has 21 heavy (non-hydrogen) atoms. The zero-order chi connectivity index (χ0) is 15.8. The van der Waals surface area contributed by atoms with E-state index in [2.05, 4.69) is 11.2 Å². The SMILES string of the molecule is Cn1nc(Oc2c[c]c([N+](=O)[O-])cc2Cl)cc1C(F)(F)F. The second kappa shape index (κ2) is 5.24. The minimum atomic E-state index is -4.57. The Morgan fingerprint density at radius 3 is 2.62 bits per heavy atom. The molecule has 10 heteroatoms. The molecule has 0 unspecified atom stereocenters. The molecule has 1 aromatic carbocycles. The van der Waals surface area contributed by atoms with Crippen molar-refractivity contribution in [2.45, 2.75) is 6.18 Å². The first-order chi connectivity index (χ1) is 9.68. The molecule has 0 bridgehead atoms. The van der Waals surface area contributed by atoms with Gasteiger partial charge in [0.25, 0.3) is 5.69 Å². The van der Waals surface area contributed by atoms with E-state index in [1.165, 1.54) is 0 Å². The second-order valence-electron chi connectivity index (χ2n) is 3.88. The number of benzene rings is 1. The fourth-order valence-electron chi connectivity index (χ4n) is 1.49. The average molecular weight is 321 g/mol. The highest BCUT2D eigenvalue weighted by Crippen LogP contribution is 2.35. The van der Waals surface area contributed by atoms with E-state index < -0.39 is 16.8 Å². The summed E-state index contributed by atoms with van der Waals surface area (Å²) in [6.45, 7) is 0. The largest absolute Gasteiger partial charge is 0.436 e. The third kappa shape index (κ3) is 3.24. The number of hydrogen-bond donors (Lipinski definition) is 0. The van der Waals surface area contributed by atoms with Gasteiger partial charge >= 0.3 is 6.18 Å². The minimum absolute atomic E-state index is 0.0888. The quantitative estimate of drug-likeness (QED) is 0.640. The summed E-state index contributed by atoms with van der Waals surface area (Å²) in [5, 5.41) is 13.9. The minimum Gasteiger partial charge on any atom is -0.436 e. The first-order valence-electron chi connectivity index (χ1n) is 5.33. The zero-order valence-corrected chi connectivity index (χ0v) is 11.1. The van der Waals surface area contributed by atoms with Crippen LogP contribution in [0.1, 0.15) is 5.69 Å². The van der Waals surface area contributed by atoms with Crippen LogP contribution >= 0.6 is 11.6 Å². The Labute approximate surface area is 120 Å². The van der Waals surface area contributed by atoms with Gasteiger partial charge in [-0.2, -0.15) is 13.2 Å². The zero-order valence-electron chi connectivity index (χ0n) is 10.3. The molecule has 0 saturated carbocycles. The van der Waals surface area contributed by atoms with Gasteiger partial charge in [0.2, 0.25) is 5.88 Å².